The number of amides is 3. The van der Waals surface area contributed by atoms with E-state index in [-0.39, 0.29) is 37.8 Å². The fraction of sp³-hybridized carbons (Fsp3) is 0.706. The van der Waals surface area contributed by atoms with Crippen LogP contribution in [0.3, 0.4) is 0 Å². The smallest absolute Gasteiger partial charge is 0.326 e. The Morgan fingerprint density at radius 2 is 1.59 bits per heavy atom. The average Bonchev–Trinajstić information content (AvgIpc) is 2.62. The number of rotatable bonds is 13. The number of guanidine groups is 1. The molecule has 0 saturated heterocycles. The van der Waals surface area contributed by atoms with E-state index in [0.29, 0.717) is 6.42 Å². The highest BCUT2D eigenvalue weighted by Gasteiger charge is 2.27. The molecule has 0 aliphatic rings. The lowest BCUT2D eigenvalue weighted by Crippen LogP contribution is -2.55. The van der Waals surface area contributed by atoms with E-state index in [1.807, 2.05) is 13.8 Å². The highest BCUT2D eigenvalue weighted by atomic mass is 16.4. The lowest BCUT2D eigenvalue weighted by atomic mass is 10.0. The number of carbonyl (C=O) groups is 4. The molecule has 29 heavy (non-hydrogen) atoms. The molecule has 0 rings (SSSR count). The summed E-state index contributed by atoms with van der Waals surface area (Å²) in [6.45, 7) is 5.04. The fourth-order valence-corrected chi connectivity index (χ4v) is 2.39. The molecule has 0 fully saturated rings. The molecule has 0 aromatic rings. The van der Waals surface area contributed by atoms with Crippen LogP contribution in [0, 0.1) is 5.92 Å². The molecular weight excluding hydrogens is 382 g/mol. The van der Waals surface area contributed by atoms with Crippen molar-refractivity contribution in [1.29, 1.82) is 0 Å². The van der Waals surface area contributed by atoms with Crippen LogP contribution in [-0.4, -0.2) is 66.0 Å². The molecule has 12 nitrogen and oxygen atoms in total. The Kier molecular flexibility index (Phi) is 12.0. The van der Waals surface area contributed by atoms with Crippen molar-refractivity contribution in [3.8, 4) is 0 Å². The van der Waals surface area contributed by atoms with Gasteiger partial charge in [0.1, 0.15) is 18.1 Å². The zero-order valence-electron chi connectivity index (χ0n) is 17.1. The van der Waals surface area contributed by atoms with Crippen LogP contribution < -0.4 is 33.2 Å². The Labute approximate surface area is 170 Å². The van der Waals surface area contributed by atoms with E-state index in [4.69, 9.17) is 17.2 Å². The second-order valence-electron chi connectivity index (χ2n) is 7.03. The van der Waals surface area contributed by atoms with Gasteiger partial charge in [-0.25, -0.2) is 4.79 Å². The average molecular weight is 415 g/mol. The van der Waals surface area contributed by atoms with Crippen LogP contribution >= 0.6 is 0 Å². The van der Waals surface area contributed by atoms with E-state index in [0.717, 1.165) is 0 Å². The fourth-order valence-electron chi connectivity index (χ4n) is 2.39. The molecule has 0 aromatic heterocycles. The Bertz CT molecular complexity index is 605. The number of carboxylic acid groups (broad SMARTS) is 1. The zero-order valence-corrected chi connectivity index (χ0v) is 17.1. The van der Waals surface area contributed by atoms with Crippen molar-refractivity contribution in [2.45, 2.75) is 58.2 Å². The normalized spacial score (nSPS) is 13.7. The number of carbonyl (C=O) groups excluding carboxylic acids is 3. The van der Waals surface area contributed by atoms with Gasteiger partial charge >= 0.3 is 5.97 Å². The van der Waals surface area contributed by atoms with Crippen molar-refractivity contribution < 1.29 is 24.3 Å². The number of hydrogen-bond donors (Lipinski definition) is 7. The molecule has 12 heteroatoms. The summed E-state index contributed by atoms with van der Waals surface area (Å²) in [5.74, 6) is -2.96. The third kappa shape index (κ3) is 11.5. The predicted molar refractivity (Wildman–Crippen MR) is 108 cm³/mol. The van der Waals surface area contributed by atoms with E-state index in [1.165, 1.54) is 6.92 Å². The van der Waals surface area contributed by atoms with Crippen LogP contribution in [0.5, 0.6) is 0 Å². The Balaban J connectivity index is 4.92. The topological polar surface area (TPSA) is 215 Å². The maximum atomic E-state index is 12.5. The standard InChI is InChI=1S/C17H33N7O5/c1-9(2)7-12(16(28)29)24-14(26)10(3)22-15(27)11(23-13(25)8-18)5-4-6-21-17(19)20/h9-12H,4-8,18H2,1-3H3,(H,22,27)(H,23,25)(H,24,26)(H,28,29)(H4,19,20,21). The number of nitrogens with one attached hydrogen (secondary N) is 3. The summed E-state index contributed by atoms with van der Waals surface area (Å²) in [6.07, 6.45) is 0.867. The highest BCUT2D eigenvalue weighted by Crippen LogP contribution is 2.05. The molecule has 0 spiro atoms. The summed E-state index contributed by atoms with van der Waals surface area (Å²) >= 11 is 0. The van der Waals surface area contributed by atoms with Crippen LogP contribution in [0.4, 0.5) is 0 Å². The SMILES string of the molecule is CC(C)CC(NC(=O)C(C)NC(=O)C(CCCN=C(N)N)NC(=O)CN)C(=O)O. The second-order valence-corrected chi connectivity index (χ2v) is 7.03. The Morgan fingerprint density at radius 3 is 2.07 bits per heavy atom. The van der Waals surface area contributed by atoms with Crippen LogP contribution in [0.2, 0.25) is 0 Å². The lowest BCUT2D eigenvalue weighted by Gasteiger charge is -2.23. The van der Waals surface area contributed by atoms with Gasteiger partial charge in [-0.05, 0) is 32.1 Å². The van der Waals surface area contributed by atoms with Gasteiger partial charge in [0.15, 0.2) is 5.96 Å². The highest BCUT2D eigenvalue weighted by molar-refractivity contribution is 5.93. The molecule has 0 saturated carbocycles. The maximum absolute atomic E-state index is 12.5. The molecule has 166 valence electrons. The minimum atomic E-state index is -1.15. The first-order chi connectivity index (χ1) is 13.5. The maximum Gasteiger partial charge on any atom is 0.326 e. The molecule has 0 radical (unpaired) electrons. The first-order valence-corrected chi connectivity index (χ1v) is 9.36. The van der Waals surface area contributed by atoms with Crippen LogP contribution in [-0.2, 0) is 19.2 Å². The summed E-state index contributed by atoms with van der Waals surface area (Å²) < 4.78 is 0. The number of carboxylic acids is 1. The van der Waals surface area contributed by atoms with Crippen molar-refractivity contribution in [1.82, 2.24) is 16.0 Å². The minimum absolute atomic E-state index is 0.0577. The predicted octanol–water partition coefficient (Wildman–Crippen LogP) is -2.40. The van der Waals surface area contributed by atoms with Gasteiger partial charge in [0, 0.05) is 6.54 Å². The Hall–Kier alpha value is -2.89. The molecule has 0 heterocycles. The minimum Gasteiger partial charge on any atom is -0.480 e. The zero-order chi connectivity index (χ0) is 22.6. The van der Waals surface area contributed by atoms with Gasteiger partial charge in [-0.2, -0.15) is 0 Å². The quantitative estimate of drug-likeness (QED) is 0.0975. The van der Waals surface area contributed by atoms with Crippen LogP contribution in [0.25, 0.3) is 0 Å². The summed E-state index contributed by atoms with van der Waals surface area (Å²) in [7, 11) is 0. The van der Waals surface area contributed by atoms with Gasteiger partial charge < -0.3 is 38.3 Å². The van der Waals surface area contributed by atoms with Gasteiger partial charge in [0.25, 0.3) is 0 Å². The van der Waals surface area contributed by atoms with E-state index in [2.05, 4.69) is 20.9 Å². The van der Waals surface area contributed by atoms with Gasteiger partial charge in [-0.1, -0.05) is 13.8 Å². The molecular formula is C17H33N7O5. The van der Waals surface area contributed by atoms with Gasteiger partial charge in [0.2, 0.25) is 17.7 Å². The number of nitrogens with two attached hydrogens (primary N) is 3. The molecule has 3 amide bonds. The van der Waals surface area contributed by atoms with Crippen molar-refractivity contribution >= 4 is 29.7 Å². The summed E-state index contributed by atoms with van der Waals surface area (Å²) in [6, 6.07) is -3.01. The van der Waals surface area contributed by atoms with Crippen molar-refractivity contribution in [2.24, 2.45) is 28.1 Å². The van der Waals surface area contributed by atoms with Crippen LogP contribution in [0.1, 0.15) is 40.0 Å². The molecule has 3 atom stereocenters. The molecule has 0 bridgehead atoms. The monoisotopic (exact) mass is 415 g/mol. The number of hydrogen-bond acceptors (Lipinski definition) is 6. The molecule has 10 N–H and O–H groups in total. The molecule has 0 aliphatic carbocycles. The van der Waals surface area contributed by atoms with E-state index >= 15 is 0 Å². The van der Waals surface area contributed by atoms with Crippen molar-refractivity contribution in [2.75, 3.05) is 13.1 Å². The number of aliphatic imine (C=N–C) groups is 1. The van der Waals surface area contributed by atoms with E-state index < -0.39 is 41.8 Å². The van der Waals surface area contributed by atoms with Gasteiger partial charge in [0.05, 0.1) is 6.54 Å². The van der Waals surface area contributed by atoms with Crippen molar-refractivity contribution in [3.05, 3.63) is 0 Å². The lowest BCUT2D eigenvalue weighted by molar-refractivity contribution is -0.142. The summed E-state index contributed by atoms with van der Waals surface area (Å²) in [5.41, 5.74) is 15.7. The third-order valence-electron chi connectivity index (χ3n) is 3.86. The number of aliphatic carboxylic acids is 1. The second kappa shape index (κ2) is 13.3. The number of nitrogens with zero attached hydrogens (tertiary/aromatic N) is 1. The van der Waals surface area contributed by atoms with E-state index in [9.17, 15) is 24.3 Å². The van der Waals surface area contributed by atoms with Crippen molar-refractivity contribution in [3.63, 3.8) is 0 Å². The molecule has 3 unspecified atom stereocenters. The summed E-state index contributed by atoms with van der Waals surface area (Å²) in [5, 5.41) is 16.6. The largest absolute Gasteiger partial charge is 0.480 e. The molecule has 0 aliphatic heterocycles. The van der Waals surface area contributed by atoms with Crippen LogP contribution in [0.15, 0.2) is 4.99 Å². The third-order valence-corrected chi connectivity index (χ3v) is 3.86. The molecule has 0 aromatic carbocycles. The van der Waals surface area contributed by atoms with Gasteiger partial charge in [-0.3, -0.25) is 19.4 Å². The first kappa shape index (κ1) is 26.1. The first-order valence-electron chi connectivity index (χ1n) is 9.36. The van der Waals surface area contributed by atoms with E-state index in [1.54, 1.807) is 0 Å². The van der Waals surface area contributed by atoms with Gasteiger partial charge in [-0.15, -0.1) is 0 Å². The Morgan fingerprint density at radius 1 is 0.966 bits per heavy atom. The summed E-state index contributed by atoms with van der Waals surface area (Å²) in [4.78, 5) is 51.4.